The molecule has 1 N–H and O–H groups in total. The highest BCUT2D eigenvalue weighted by atomic mass is 19.1. The number of halogens is 2. The molecule has 1 amide bonds. The number of anilines is 2. The molecule has 1 heterocycles. The molecule has 0 unspecified atom stereocenters. The molecule has 1 atom stereocenters. The predicted octanol–water partition coefficient (Wildman–Crippen LogP) is 4.47. The summed E-state index contributed by atoms with van der Waals surface area (Å²) in [6, 6.07) is 21.5. The van der Waals surface area contributed by atoms with Crippen molar-refractivity contribution in [3.63, 3.8) is 0 Å². The fraction of sp³-hybridized carbons (Fsp3) is 0.208. The van der Waals surface area contributed by atoms with Crippen LogP contribution in [0.3, 0.4) is 0 Å². The van der Waals surface area contributed by atoms with Crippen molar-refractivity contribution in [3.8, 4) is 0 Å². The van der Waals surface area contributed by atoms with Crippen LogP contribution in [-0.2, 0) is 4.79 Å². The second-order valence-corrected chi connectivity index (χ2v) is 7.31. The van der Waals surface area contributed by atoms with Gasteiger partial charge in [0.05, 0.1) is 0 Å². The van der Waals surface area contributed by atoms with Crippen LogP contribution in [0.15, 0.2) is 78.9 Å². The van der Waals surface area contributed by atoms with E-state index >= 15 is 0 Å². The lowest BCUT2D eigenvalue weighted by atomic mass is 10.0. The van der Waals surface area contributed by atoms with Gasteiger partial charge in [0, 0.05) is 37.6 Å². The van der Waals surface area contributed by atoms with E-state index in [-0.39, 0.29) is 17.5 Å². The zero-order valence-electron chi connectivity index (χ0n) is 16.5. The molecule has 0 saturated carbocycles. The van der Waals surface area contributed by atoms with E-state index in [2.05, 4.69) is 15.1 Å². The van der Waals surface area contributed by atoms with Gasteiger partial charge in [0.1, 0.15) is 17.7 Å². The number of carbonyl (C=O) groups excluding carboxylic acids is 1. The predicted molar refractivity (Wildman–Crippen MR) is 114 cm³/mol. The largest absolute Gasteiger partial charge is 0.369 e. The molecule has 0 aromatic heterocycles. The summed E-state index contributed by atoms with van der Waals surface area (Å²) < 4.78 is 26.4. The molecule has 30 heavy (non-hydrogen) atoms. The summed E-state index contributed by atoms with van der Waals surface area (Å²) in [6.45, 7) is 2.85. The van der Waals surface area contributed by atoms with Gasteiger partial charge in [-0.1, -0.05) is 30.3 Å². The van der Waals surface area contributed by atoms with Gasteiger partial charge < -0.3 is 10.2 Å². The molecule has 1 fully saturated rings. The number of hydrogen-bond acceptors (Lipinski definition) is 3. The molecule has 1 saturated heterocycles. The first-order chi connectivity index (χ1) is 14.6. The van der Waals surface area contributed by atoms with E-state index in [1.54, 1.807) is 24.3 Å². The normalized spacial score (nSPS) is 15.6. The number of rotatable bonds is 5. The topological polar surface area (TPSA) is 35.6 Å². The number of carbonyl (C=O) groups is 1. The minimum atomic E-state index is -0.452. The molecule has 154 valence electrons. The lowest BCUT2D eigenvalue weighted by molar-refractivity contribution is -0.121. The number of nitrogens with one attached hydrogen (secondary N) is 1. The molecule has 0 radical (unpaired) electrons. The van der Waals surface area contributed by atoms with Crippen molar-refractivity contribution in [1.29, 1.82) is 0 Å². The summed E-state index contributed by atoms with van der Waals surface area (Å²) in [5, 5.41) is 2.91. The van der Waals surface area contributed by atoms with E-state index in [0.29, 0.717) is 18.8 Å². The first-order valence-corrected chi connectivity index (χ1v) is 9.96. The maximum absolute atomic E-state index is 13.2. The van der Waals surface area contributed by atoms with Crippen LogP contribution in [0.2, 0.25) is 0 Å². The third-order valence-corrected chi connectivity index (χ3v) is 5.35. The summed E-state index contributed by atoms with van der Waals surface area (Å²) in [6.07, 6.45) is 0. The van der Waals surface area contributed by atoms with Gasteiger partial charge in [0.25, 0.3) is 0 Å². The van der Waals surface area contributed by atoms with Crippen LogP contribution in [0.1, 0.15) is 11.6 Å². The summed E-state index contributed by atoms with van der Waals surface area (Å²) in [7, 11) is 0. The van der Waals surface area contributed by atoms with Crippen molar-refractivity contribution in [2.24, 2.45) is 0 Å². The summed E-state index contributed by atoms with van der Waals surface area (Å²) >= 11 is 0. The Labute approximate surface area is 174 Å². The minimum absolute atomic E-state index is 0.150. The van der Waals surface area contributed by atoms with E-state index in [1.165, 1.54) is 24.3 Å². The van der Waals surface area contributed by atoms with Crippen LogP contribution in [0.4, 0.5) is 20.2 Å². The molecule has 0 aliphatic carbocycles. The molecule has 3 aromatic rings. The molecular formula is C24H23F2N3O. The molecule has 0 bridgehead atoms. The lowest BCUT2D eigenvalue weighted by Gasteiger charge is -2.39. The summed E-state index contributed by atoms with van der Waals surface area (Å²) in [5.74, 6) is -0.744. The van der Waals surface area contributed by atoms with E-state index in [1.807, 2.05) is 30.3 Å². The third-order valence-electron chi connectivity index (χ3n) is 5.35. The quantitative estimate of drug-likeness (QED) is 0.678. The summed E-state index contributed by atoms with van der Waals surface area (Å²) in [4.78, 5) is 17.5. The smallest absolute Gasteiger partial charge is 0.246 e. The highest BCUT2D eigenvalue weighted by molar-refractivity contribution is 5.95. The van der Waals surface area contributed by atoms with Gasteiger partial charge in [-0.2, -0.15) is 0 Å². The maximum Gasteiger partial charge on any atom is 0.246 e. The zero-order chi connectivity index (χ0) is 20.9. The molecular weight excluding hydrogens is 384 g/mol. The highest BCUT2D eigenvalue weighted by Gasteiger charge is 2.30. The fourth-order valence-corrected chi connectivity index (χ4v) is 3.80. The minimum Gasteiger partial charge on any atom is -0.369 e. The zero-order valence-corrected chi connectivity index (χ0v) is 16.5. The number of benzene rings is 3. The van der Waals surface area contributed by atoms with Crippen molar-refractivity contribution in [1.82, 2.24) is 4.90 Å². The number of amides is 1. The lowest BCUT2D eigenvalue weighted by Crippen LogP contribution is -2.50. The van der Waals surface area contributed by atoms with Gasteiger partial charge in [-0.15, -0.1) is 0 Å². The van der Waals surface area contributed by atoms with Crippen LogP contribution in [0, 0.1) is 11.6 Å². The third kappa shape index (κ3) is 4.66. The Hall–Kier alpha value is -3.25. The van der Waals surface area contributed by atoms with Gasteiger partial charge in [-0.3, -0.25) is 9.69 Å². The average Bonchev–Trinajstić information content (AvgIpc) is 2.77. The molecule has 6 heteroatoms. The number of piperazine rings is 1. The van der Waals surface area contributed by atoms with Crippen LogP contribution in [0.25, 0.3) is 0 Å². The number of hydrogen-bond donors (Lipinski definition) is 1. The van der Waals surface area contributed by atoms with E-state index < -0.39 is 6.04 Å². The van der Waals surface area contributed by atoms with Crippen molar-refractivity contribution in [2.75, 3.05) is 36.4 Å². The highest BCUT2D eigenvalue weighted by Crippen LogP contribution is 2.26. The van der Waals surface area contributed by atoms with Crippen molar-refractivity contribution >= 4 is 17.3 Å². The molecule has 1 aliphatic rings. The first-order valence-electron chi connectivity index (χ1n) is 9.96. The van der Waals surface area contributed by atoms with Gasteiger partial charge in [0.15, 0.2) is 0 Å². The molecule has 3 aromatic carbocycles. The SMILES string of the molecule is O=C(Nc1ccc(F)cc1)[C@@H](c1ccccc1)N1CCN(c2ccc(F)cc2)CC1. The van der Waals surface area contributed by atoms with Crippen LogP contribution < -0.4 is 10.2 Å². The van der Waals surface area contributed by atoms with Gasteiger partial charge >= 0.3 is 0 Å². The molecule has 4 rings (SSSR count). The van der Waals surface area contributed by atoms with E-state index in [4.69, 9.17) is 0 Å². The molecule has 4 nitrogen and oxygen atoms in total. The Bertz CT molecular complexity index is 970. The van der Waals surface area contributed by atoms with Crippen LogP contribution in [0.5, 0.6) is 0 Å². The second-order valence-electron chi connectivity index (χ2n) is 7.31. The Morgan fingerprint density at radius 2 is 1.33 bits per heavy atom. The Morgan fingerprint density at radius 1 is 0.767 bits per heavy atom. The number of nitrogens with zero attached hydrogens (tertiary/aromatic N) is 2. The van der Waals surface area contributed by atoms with Gasteiger partial charge in [-0.25, -0.2) is 8.78 Å². The van der Waals surface area contributed by atoms with Crippen molar-refractivity contribution in [2.45, 2.75) is 6.04 Å². The fourth-order valence-electron chi connectivity index (χ4n) is 3.80. The van der Waals surface area contributed by atoms with Crippen molar-refractivity contribution < 1.29 is 13.6 Å². The Morgan fingerprint density at radius 3 is 1.93 bits per heavy atom. The molecule has 1 aliphatic heterocycles. The Balaban J connectivity index is 1.50. The second kappa shape index (κ2) is 9.05. The Kier molecular flexibility index (Phi) is 6.05. The van der Waals surface area contributed by atoms with Crippen LogP contribution >= 0.6 is 0 Å². The standard InChI is InChI=1S/C24H23F2N3O/c25-19-6-10-21(11-7-19)27-24(30)23(18-4-2-1-3-5-18)29-16-14-28(15-17-29)22-12-8-20(26)9-13-22/h1-13,23H,14-17H2,(H,27,30)/t23-/m1/s1. The summed E-state index contributed by atoms with van der Waals surface area (Å²) in [5.41, 5.74) is 2.45. The molecule has 0 spiro atoms. The van der Waals surface area contributed by atoms with Crippen LogP contribution in [-0.4, -0.2) is 37.0 Å². The van der Waals surface area contributed by atoms with Gasteiger partial charge in [-0.05, 0) is 54.1 Å². The van der Waals surface area contributed by atoms with E-state index in [9.17, 15) is 13.6 Å². The first kappa shape index (κ1) is 20.0. The van der Waals surface area contributed by atoms with Crippen molar-refractivity contribution in [3.05, 3.63) is 96.1 Å². The maximum atomic E-state index is 13.2. The van der Waals surface area contributed by atoms with Gasteiger partial charge in [0.2, 0.25) is 5.91 Å². The van der Waals surface area contributed by atoms with E-state index in [0.717, 1.165) is 24.3 Å². The average molecular weight is 407 g/mol. The monoisotopic (exact) mass is 407 g/mol.